The minimum absolute atomic E-state index is 0.135. The summed E-state index contributed by atoms with van der Waals surface area (Å²) in [6.45, 7) is 16.3. The van der Waals surface area contributed by atoms with E-state index in [0.717, 1.165) is 7.96 Å². The van der Waals surface area contributed by atoms with Crippen molar-refractivity contribution in [3.8, 4) is 0 Å². The van der Waals surface area contributed by atoms with Crippen molar-refractivity contribution in [1.29, 1.82) is 0 Å². The quantitative estimate of drug-likeness (QED) is 0.654. The summed E-state index contributed by atoms with van der Waals surface area (Å²) in [7, 11) is 9.03. The highest BCUT2D eigenvalue weighted by Crippen LogP contribution is 2.66. The summed E-state index contributed by atoms with van der Waals surface area (Å²) in [4.78, 5) is 0. The fraction of sp³-hybridized carbons (Fsp3) is 0.714. The van der Waals surface area contributed by atoms with Gasteiger partial charge in [-0.25, -0.2) is 0 Å². The molecule has 19 heavy (non-hydrogen) atoms. The highest BCUT2D eigenvalue weighted by Gasteiger charge is 2.34. The van der Waals surface area contributed by atoms with Crippen molar-refractivity contribution in [3.63, 3.8) is 0 Å². The van der Waals surface area contributed by atoms with E-state index in [1.807, 2.05) is 0 Å². The van der Waals surface area contributed by atoms with Gasteiger partial charge in [-0.15, -0.1) is 17.9 Å². The second kappa shape index (κ2) is 6.01. The zero-order chi connectivity index (χ0) is 15.2. The van der Waals surface area contributed by atoms with Gasteiger partial charge >= 0.3 is 0 Å². The number of rotatable bonds is 2. The third-order valence-electron chi connectivity index (χ3n) is 3.50. The Morgan fingerprint density at radius 1 is 1.05 bits per heavy atom. The molecule has 1 heterocycles. The smallest absolute Gasteiger partial charge is 0.0272 e. The molecule has 0 radical (unpaired) electrons. The van der Waals surface area contributed by atoms with Crippen LogP contribution in [0.1, 0.15) is 58.5 Å². The molecule has 0 N–H and O–H groups in total. The zero-order valence-corrected chi connectivity index (χ0v) is 17.8. The Balaban J connectivity index is 3.76. The van der Waals surface area contributed by atoms with Crippen molar-refractivity contribution in [3.05, 3.63) is 17.0 Å². The second-order valence-electron chi connectivity index (χ2n) is 7.22. The summed E-state index contributed by atoms with van der Waals surface area (Å²) in [5.41, 5.74) is 4.92. The monoisotopic (exact) mass is 335 g/mol. The van der Waals surface area contributed by atoms with Crippen molar-refractivity contribution in [1.82, 2.24) is 4.57 Å². The molecular formula is C14H29NP4. The van der Waals surface area contributed by atoms with Crippen LogP contribution in [0.2, 0.25) is 0 Å². The molecule has 1 rings (SSSR count). The van der Waals surface area contributed by atoms with E-state index in [1.54, 1.807) is 10.9 Å². The molecule has 0 aliphatic heterocycles. The predicted octanol–water partition coefficient (Wildman–Crippen LogP) is 5.21. The van der Waals surface area contributed by atoms with Gasteiger partial charge in [-0.05, 0) is 25.2 Å². The first-order valence-electron chi connectivity index (χ1n) is 6.64. The Morgan fingerprint density at radius 3 is 1.84 bits per heavy atom. The van der Waals surface area contributed by atoms with Gasteiger partial charge in [0.2, 0.25) is 0 Å². The SMILES string of the molecule is Cc1c(P(P)PP)c(C(C)(C)C)c(C(C)(C)C)n1C. The van der Waals surface area contributed by atoms with Gasteiger partial charge in [-0.1, -0.05) is 49.5 Å². The molecule has 1 aromatic rings. The van der Waals surface area contributed by atoms with Gasteiger partial charge in [0.05, 0.1) is 0 Å². The lowest BCUT2D eigenvalue weighted by Crippen LogP contribution is -2.26. The normalized spacial score (nSPS) is 15.5. The van der Waals surface area contributed by atoms with Crippen LogP contribution in [0.4, 0.5) is 0 Å². The molecule has 4 unspecified atom stereocenters. The van der Waals surface area contributed by atoms with Gasteiger partial charge < -0.3 is 4.57 Å². The molecule has 0 fully saturated rings. The summed E-state index contributed by atoms with van der Waals surface area (Å²) in [5, 5.41) is 1.60. The molecule has 1 aromatic heterocycles. The molecule has 110 valence electrons. The minimum atomic E-state index is -0.135. The first kappa shape index (κ1) is 18.1. The third-order valence-corrected chi connectivity index (χ3v) is 13.6. The van der Waals surface area contributed by atoms with E-state index in [4.69, 9.17) is 0 Å². The standard InChI is InChI=1S/C14H29NP4/c1-9-11(19(17)18-16)10(13(2,3)4)12(15(9)8)14(5,6)7/h18H,16-17H2,1-8H3. The fourth-order valence-electron chi connectivity index (χ4n) is 2.74. The van der Waals surface area contributed by atoms with Gasteiger partial charge in [0.25, 0.3) is 0 Å². The number of nitrogens with zero attached hydrogens (tertiary/aromatic N) is 1. The lowest BCUT2D eigenvalue weighted by molar-refractivity contribution is 0.501. The number of hydrogen-bond donors (Lipinski definition) is 0. The van der Waals surface area contributed by atoms with Crippen LogP contribution < -0.4 is 5.30 Å². The van der Waals surface area contributed by atoms with Gasteiger partial charge in [0.1, 0.15) is 0 Å². The average molecular weight is 335 g/mol. The molecule has 0 aromatic carbocycles. The van der Waals surface area contributed by atoms with Crippen LogP contribution in [0.5, 0.6) is 0 Å². The predicted molar refractivity (Wildman–Crippen MR) is 102 cm³/mol. The summed E-state index contributed by atoms with van der Waals surface area (Å²) < 4.78 is 2.43. The van der Waals surface area contributed by atoms with Crippen molar-refractivity contribution in [2.45, 2.75) is 59.3 Å². The van der Waals surface area contributed by atoms with Crippen LogP contribution in [-0.4, -0.2) is 4.57 Å². The Kier molecular flexibility index (Phi) is 5.71. The maximum atomic E-state index is 3.09. The fourth-order valence-corrected chi connectivity index (χ4v) is 7.36. The first-order valence-corrected chi connectivity index (χ1v) is 13.2. The van der Waals surface area contributed by atoms with E-state index in [2.05, 4.69) is 77.9 Å². The second-order valence-corrected chi connectivity index (χ2v) is 16.3. The van der Waals surface area contributed by atoms with E-state index >= 15 is 0 Å². The van der Waals surface area contributed by atoms with Gasteiger partial charge in [0.15, 0.2) is 0 Å². The maximum Gasteiger partial charge on any atom is 0.0272 e. The molecule has 0 bridgehead atoms. The number of hydrogen-bond acceptors (Lipinski definition) is 0. The highest BCUT2D eigenvalue weighted by atomic mass is 32.6. The van der Waals surface area contributed by atoms with Crippen LogP contribution >= 0.6 is 33.1 Å². The van der Waals surface area contributed by atoms with Crippen molar-refractivity contribution in [2.24, 2.45) is 7.05 Å². The topological polar surface area (TPSA) is 4.93 Å². The molecule has 0 spiro atoms. The van der Waals surface area contributed by atoms with Crippen LogP contribution in [0.15, 0.2) is 0 Å². The molecule has 0 amide bonds. The lowest BCUT2D eigenvalue weighted by Gasteiger charge is -2.30. The van der Waals surface area contributed by atoms with E-state index < -0.39 is 0 Å². The number of aromatic nitrogens is 1. The third kappa shape index (κ3) is 3.61. The first-order chi connectivity index (χ1) is 8.42. The zero-order valence-electron chi connectivity index (χ0n) is 13.5. The molecule has 0 aliphatic rings. The molecule has 0 aliphatic carbocycles. The summed E-state index contributed by atoms with van der Waals surface area (Å²) in [6, 6.07) is 0. The Morgan fingerprint density at radius 2 is 1.53 bits per heavy atom. The van der Waals surface area contributed by atoms with Gasteiger partial charge in [-0.3, -0.25) is 0 Å². The molecular weight excluding hydrogens is 306 g/mol. The Hall–Kier alpha value is 1.00. The van der Waals surface area contributed by atoms with Crippen molar-refractivity contribution < 1.29 is 0 Å². The average Bonchev–Trinajstić information content (AvgIpc) is 2.50. The molecule has 4 atom stereocenters. The Bertz CT molecular complexity index is 463. The summed E-state index contributed by atoms with van der Waals surface area (Å²) in [5.74, 6) is 0. The molecule has 1 nitrogen and oxygen atoms in total. The van der Waals surface area contributed by atoms with Crippen LogP contribution in [0.3, 0.4) is 0 Å². The molecule has 0 saturated heterocycles. The van der Waals surface area contributed by atoms with E-state index in [9.17, 15) is 0 Å². The Labute approximate surface area is 126 Å². The summed E-state index contributed by atoms with van der Waals surface area (Å²) in [6.07, 6.45) is 0. The minimum Gasteiger partial charge on any atom is -0.350 e. The van der Waals surface area contributed by atoms with Crippen molar-refractivity contribution in [2.75, 3.05) is 0 Å². The lowest BCUT2D eigenvalue weighted by atomic mass is 9.79. The largest absolute Gasteiger partial charge is 0.350 e. The maximum absolute atomic E-state index is 3.09. The van der Waals surface area contributed by atoms with E-state index in [-0.39, 0.29) is 18.1 Å². The van der Waals surface area contributed by atoms with Gasteiger partial charge in [0, 0.05) is 29.2 Å². The van der Waals surface area contributed by atoms with Crippen LogP contribution in [-0.2, 0) is 17.9 Å². The highest BCUT2D eigenvalue weighted by molar-refractivity contribution is 8.63. The van der Waals surface area contributed by atoms with E-state index in [1.165, 1.54) is 11.4 Å². The summed E-state index contributed by atoms with van der Waals surface area (Å²) >= 11 is 0. The van der Waals surface area contributed by atoms with Crippen LogP contribution in [0, 0.1) is 6.92 Å². The van der Waals surface area contributed by atoms with Crippen LogP contribution in [0.25, 0.3) is 0 Å². The van der Waals surface area contributed by atoms with E-state index in [0.29, 0.717) is 0 Å². The van der Waals surface area contributed by atoms with Crippen molar-refractivity contribution >= 4 is 38.4 Å². The van der Waals surface area contributed by atoms with Gasteiger partial charge in [-0.2, -0.15) is 0 Å². The molecule has 0 saturated carbocycles. The molecule has 5 heteroatoms.